The summed E-state index contributed by atoms with van der Waals surface area (Å²) in [6, 6.07) is 29.3. The van der Waals surface area contributed by atoms with Crippen molar-refractivity contribution in [2.45, 2.75) is 20.1 Å². The Labute approximate surface area is 237 Å². The van der Waals surface area contributed by atoms with Crippen molar-refractivity contribution in [3.63, 3.8) is 0 Å². The first-order valence-corrected chi connectivity index (χ1v) is 14.4. The molecule has 0 saturated heterocycles. The molecule has 5 aromatic rings. The van der Waals surface area contributed by atoms with Gasteiger partial charge in [0.25, 0.3) is 15.9 Å². The first kappa shape index (κ1) is 27.2. The largest absolute Gasteiger partial charge is 0.489 e. The van der Waals surface area contributed by atoms with Gasteiger partial charge in [0.1, 0.15) is 18.2 Å². The molecule has 1 aromatic heterocycles. The second kappa shape index (κ2) is 11.8. The van der Waals surface area contributed by atoms with E-state index < -0.39 is 15.9 Å². The van der Waals surface area contributed by atoms with E-state index in [0.29, 0.717) is 40.5 Å². The van der Waals surface area contributed by atoms with Crippen molar-refractivity contribution in [1.82, 2.24) is 14.3 Å². The average molecular weight is 572 g/mol. The second-order valence-electron chi connectivity index (χ2n) is 9.17. The van der Waals surface area contributed by atoms with Gasteiger partial charge in [0.15, 0.2) is 0 Å². The molecule has 0 aliphatic rings. The topological polar surface area (TPSA) is 90.3 Å². The lowest BCUT2D eigenvalue weighted by atomic mass is 10.1. The molecule has 202 valence electrons. The minimum Gasteiger partial charge on any atom is -0.489 e. The Morgan fingerprint density at radius 1 is 0.975 bits per heavy atom. The number of amides is 1. The Bertz CT molecular complexity index is 1800. The number of benzene rings is 4. The molecule has 0 atom stereocenters. The van der Waals surface area contributed by atoms with Gasteiger partial charge in [-0.05, 0) is 60.0 Å². The summed E-state index contributed by atoms with van der Waals surface area (Å²) < 4.78 is 34.9. The van der Waals surface area contributed by atoms with Gasteiger partial charge in [-0.1, -0.05) is 78.3 Å². The molecule has 0 spiro atoms. The number of imidazole rings is 1. The van der Waals surface area contributed by atoms with E-state index in [9.17, 15) is 13.2 Å². The van der Waals surface area contributed by atoms with Gasteiger partial charge in [-0.3, -0.25) is 4.79 Å². The van der Waals surface area contributed by atoms with Crippen molar-refractivity contribution in [3.05, 3.63) is 136 Å². The molecule has 0 bridgehead atoms. The van der Waals surface area contributed by atoms with Crippen LogP contribution in [0.5, 0.6) is 5.75 Å². The first-order chi connectivity index (χ1) is 19.3. The lowest BCUT2D eigenvalue weighted by Gasteiger charge is -2.12. The number of halogens is 1. The quantitative estimate of drug-likeness (QED) is 0.222. The lowest BCUT2D eigenvalue weighted by Crippen LogP contribution is -2.28. The number of ether oxygens (including phenoxy) is 1. The van der Waals surface area contributed by atoms with E-state index in [1.807, 2.05) is 60.0 Å². The molecule has 40 heavy (non-hydrogen) atoms. The maximum Gasteiger partial charge on any atom is 0.265 e. The van der Waals surface area contributed by atoms with Crippen LogP contribution in [0.15, 0.2) is 102 Å². The molecular weight excluding hydrogens is 546 g/mol. The van der Waals surface area contributed by atoms with Crippen LogP contribution < -0.4 is 9.46 Å². The molecule has 5 rings (SSSR count). The zero-order valence-corrected chi connectivity index (χ0v) is 23.2. The van der Waals surface area contributed by atoms with Gasteiger partial charge in [0.2, 0.25) is 0 Å². The number of rotatable bonds is 9. The second-order valence-corrected chi connectivity index (χ2v) is 11.1. The molecule has 1 N–H and O–H groups in total. The predicted molar refractivity (Wildman–Crippen MR) is 158 cm³/mol. The van der Waals surface area contributed by atoms with Crippen molar-refractivity contribution in [2.75, 3.05) is 0 Å². The van der Waals surface area contributed by atoms with E-state index in [1.54, 1.807) is 48.5 Å². The van der Waals surface area contributed by atoms with E-state index in [1.165, 1.54) is 6.08 Å². The van der Waals surface area contributed by atoms with Gasteiger partial charge in [-0.2, -0.15) is 0 Å². The zero-order chi connectivity index (χ0) is 28.1. The number of nitrogens with one attached hydrogen (secondary N) is 1. The third-order valence-electron chi connectivity index (χ3n) is 6.28. The molecule has 0 aliphatic carbocycles. The minimum absolute atomic E-state index is 0.195. The summed E-state index contributed by atoms with van der Waals surface area (Å²) >= 11 is 6.61. The smallest absolute Gasteiger partial charge is 0.265 e. The summed E-state index contributed by atoms with van der Waals surface area (Å²) in [5, 5.41) is 1.51. The highest BCUT2D eigenvalue weighted by Gasteiger charge is 2.17. The third kappa shape index (κ3) is 6.59. The molecule has 0 radical (unpaired) electrons. The van der Waals surface area contributed by atoms with Crippen LogP contribution in [0.1, 0.15) is 32.9 Å². The highest BCUT2D eigenvalue weighted by atomic mass is 35.5. The van der Waals surface area contributed by atoms with Gasteiger partial charge in [0, 0.05) is 10.6 Å². The third-order valence-corrected chi connectivity index (χ3v) is 7.59. The number of hydrogen-bond acceptors (Lipinski definition) is 5. The fourth-order valence-electron chi connectivity index (χ4n) is 4.20. The number of hydrogen-bond donors (Lipinski definition) is 1. The number of aromatic nitrogens is 2. The summed E-state index contributed by atoms with van der Waals surface area (Å²) in [5.41, 5.74) is 4.17. The van der Waals surface area contributed by atoms with Gasteiger partial charge in [0.05, 0.1) is 23.0 Å². The van der Waals surface area contributed by atoms with Crippen molar-refractivity contribution in [2.24, 2.45) is 0 Å². The summed E-state index contributed by atoms with van der Waals surface area (Å²) in [6.07, 6.45) is 1.43. The Balaban J connectivity index is 1.32. The molecule has 9 heteroatoms. The number of aryl methyl sites for hydroxylation is 1. The van der Waals surface area contributed by atoms with Gasteiger partial charge in [-0.25, -0.2) is 18.1 Å². The fraction of sp³-hybridized carbons (Fsp3) is 0.0968. The molecule has 7 nitrogen and oxygen atoms in total. The highest BCUT2D eigenvalue weighted by molar-refractivity contribution is 7.93. The van der Waals surface area contributed by atoms with Crippen molar-refractivity contribution < 1.29 is 17.9 Å². The molecule has 4 aromatic carbocycles. The maximum absolute atomic E-state index is 12.9. The van der Waals surface area contributed by atoms with Crippen LogP contribution in [0.25, 0.3) is 17.1 Å². The number of nitrogens with zero attached hydrogens (tertiary/aromatic N) is 2. The van der Waals surface area contributed by atoms with Gasteiger partial charge < -0.3 is 9.30 Å². The Morgan fingerprint density at radius 3 is 2.42 bits per heavy atom. The van der Waals surface area contributed by atoms with Crippen LogP contribution in [0.3, 0.4) is 0 Å². The molecule has 1 heterocycles. The Morgan fingerprint density at radius 2 is 1.70 bits per heavy atom. The SMILES string of the molecule is Cc1nc2ccc(C(=O)NS(=O)(=O)C=Cc3ccccc3)cc2n1Cc1ccc(OCc2ccccc2)cc1Cl. The van der Waals surface area contributed by atoms with Crippen LogP contribution in [0.2, 0.25) is 5.02 Å². The number of carbonyl (C=O) groups is 1. The number of sulfonamides is 1. The number of carbonyl (C=O) groups excluding carboxylic acids is 1. The summed E-state index contributed by atoms with van der Waals surface area (Å²) in [7, 11) is -4.00. The van der Waals surface area contributed by atoms with Gasteiger partial charge in [-0.15, -0.1) is 0 Å². The normalized spacial score (nSPS) is 11.7. The Kier molecular flexibility index (Phi) is 8.00. The van der Waals surface area contributed by atoms with Crippen LogP contribution in [0, 0.1) is 6.92 Å². The first-order valence-electron chi connectivity index (χ1n) is 12.5. The summed E-state index contributed by atoms with van der Waals surface area (Å²) in [4.78, 5) is 17.5. The molecule has 1 amide bonds. The standard InChI is InChI=1S/C31H26ClN3O4S/c1-22-33-29-15-13-25(31(36)34-40(37,38)17-16-23-8-4-2-5-9-23)18-30(29)35(22)20-26-12-14-27(19-28(26)32)39-21-24-10-6-3-7-11-24/h2-19H,20-21H2,1H3,(H,34,36). The highest BCUT2D eigenvalue weighted by Crippen LogP contribution is 2.26. The van der Waals surface area contributed by atoms with Crippen LogP contribution in [-0.2, 0) is 23.2 Å². The van der Waals surface area contributed by atoms with E-state index in [2.05, 4.69) is 9.71 Å². The molecule has 0 saturated carbocycles. The van der Waals surface area contributed by atoms with Crippen LogP contribution in [-0.4, -0.2) is 23.9 Å². The maximum atomic E-state index is 12.9. The summed E-state index contributed by atoms with van der Waals surface area (Å²) in [5.74, 6) is 0.653. The fourth-order valence-corrected chi connectivity index (χ4v) is 5.21. The molecule has 0 fully saturated rings. The average Bonchev–Trinajstić information content (AvgIpc) is 3.27. The Hall–Kier alpha value is -4.40. The molecular formula is C31H26ClN3O4S. The van der Waals surface area contributed by atoms with Gasteiger partial charge >= 0.3 is 0 Å². The zero-order valence-electron chi connectivity index (χ0n) is 21.6. The summed E-state index contributed by atoms with van der Waals surface area (Å²) in [6.45, 7) is 2.71. The van der Waals surface area contributed by atoms with E-state index >= 15 is 0 Å². The van der Waals surface area contributed by atoms with Crippen molar-refractivity contribution in [1.29, 1.82) is 0 Å². The van der Waals surface area contributed by atoms with E-state index in [-0.39, 0.29) is 5.56 Å². The van der Waals surface area contributed by atoms with E-state index in [0.717, 1.165) is 22.4 Å². The molecule has 0 aliphatic heterocycles. The predicted octanol–water partition coefficient (Wildman–Crippen LogP) is 6.36. The van der Waals surface area contributed by atoms with Crippen LogP contribution in [0.4, 0.5) is 0 Å². The van der Waals surface area contributed by atoms with E-state index in [4.69, 9.17) is 16.3 Å². The van der Waals surface area contributed by atoms with Crippen LogP contribution >= 0.6 is 11.6 Å². The minimum atomic E-state index is -4.00. The lowest BCUT2D eigenvalue weighted by molar-refractivity contribution is 0.0982. The molecule has 0 unspecified atom stereocenters. The monoisotopic (exact) mass is 571 g/mol. The number of fused-ring (bicyclic) bond motifs is 1. The van der Waals surface area contributed by atoms with Crippen molar-refractivity contribution in [3.8, 4) is 5.75 Å². The van der Waals surface area contributed by atoms with Crippen molar-refractivity contribution >= 4 is 44.6 Å².